The first kappa shape index (κ1) is 19.3. The molecule has 25 heavy (non-hydrogen) atoms. The van der Waals surface area contributed by atoms with E-state index in [0.29, 0.717) is 11.6 Å². The first-order valence-corrected chi connectivity index (χ1v) is 9.44. The fraction of sp³-hybridized carbons (Fsp3) is 0.625. The lowest BCUT2D eigenvalue weighted by Crippen LogP contribution is -2.35. The summed E-state index contributed by atoms with van der Waals surface area (Å²) < 4.78 is 9.83. The molecule has 1 aromatic heterocycles. The van der Waals surface area contributed by atoms with Crippen molar-refractivity contribution < 1.29 is 23.6 Å². The molecule has 9 heteroatoms. The molecule has 0 spiro atoms. The van der Waals surface area contributed by atoms with E-state index in [9.17, 15) is 14.4 Å². The van der Waals surface area contributed by atoms with Crippen LogP contribution in [0.3, 0.4) is 0 Å². The monoisotopic (exact) mass is 369 g/mol. The van der Waals surface area contributed by atoms with Gasteiger partial charge in [-0.2, -0.15) is 0 Å². The predicted octanol–water partition coefficient (Wildman–Crippen LogP) is 1.60. The Morgan fingerprint density at radius 1 is 1.24 bits per heavy atom. The van der Waals surface area contributed by atoms with Gasteiger partial charge in [-0.05, 0) is 19.8 Å². The molecule has 1 aliphatic rings. The van der Waals surface area contributed by atoms with Crippen LogP contribution in [0.4, 0.5) is 5.82 Å². The second-order valence-corrected chi connectivity index (χ2v) is 6.81. The molecule has 1 N–H and O–H groups in total. The highest BCUT2D eigenvalue weighted by Gasteiger charge is 2.17. The Balaban J connectivity index is 1.58. The van der Waals surface area contributed by atoms with Gasteiger partial charge in [-0.1, -0.05) is 18.0 Å². The molecule has 2 amide bonds. The molecule has 1 saturated heterocycles. The minimum absolute atomic E-state index is 0.0124. The van der Waals surface area contributed by atoms with Crippen LogP contribution in [-0.4, -0.2) is 59.0 Å². The number of nitrogens with one attached hydrogen (secondary N) is 1. The van der Waals surface area contributed by atoms with Crippen LogP contribution in [0.5, 0.6) is 0 Å². The number of carbonyl (C=O) groups is 3. The number of amides is 2. The van der Waals surface area contributed by atoms with Crippen LogP contribution in [0.1, 0.15) is 31.4 Å². The van der Waals surface area contributed by atoms with E-state index >= 15 is 0 Å². The Bertz CT molecular complexity index is 596. The largest absolute Gasteiger partial charge is 0.455 e. The first-order valence-electron chi connectivity index (χ1n) is 8.29. The molecule has 2 heterocycles. The molecule has 0 aliphatic carbocycles. The number of hydrogen-bond acceptors (Lipinski definition) is 7. The van der Waals surface area contributed by atoms with Crippen molar-refractivity contribution in [1.29, 1.82) is 0 Å². The maximum atomic E-state index is 12.0. The van der Waals surface area contributed by atoms with E-state index in [0.717, 1.165) is 50.5 Å². The molecule has 8 nitrogen and oxygen atoms in total. The molecule has 1 aliphatic heterocycles. The lowest BCUT2D eigenvalue weighted by atomic mass is 10.2. The zero-order chi connectivity index (χ0) is 18.1. The molecule has 0 atom stereocenters. The molecule has 1 fully saturated rings. The molecular formula is C16H23N3O5S. The van der Waals surface area contributed by atoms with Gasteiger partial charge < -0.3 is 19.5 Å². The number of ether oxygens (including phenoxy) is 1. The standard InChI is InChI=1S/C16H23N3O5S/c1-12-8-13(18-24-12)17-14(20)10-25-11-16(22)23-9-15(21)19-6-4-2-3-5-7-19/h8H,2-7,9-11H2,1H3,(H,17,18,20). The quantitative estimate of drug-likeness (QED) is 0.728. The average Bonchev–Trinajstić information content (AvgIpc) is 2.83. The smallest absolute Gasteiger partial charge is 0.316 e. The lowest BCUT2D eigenvalue weighted by molar-refractivity contribution is -0.149. The molecule has 0 bridgehead atoms. The topological polar surface area (TPSA) is 102 Å². The van der Waals surface area contributed by atoms with E-state index in [4.69, 9.17) is 9.26 Å². The van der Waals surface area contributed by atoms with Gasteiger partial charge in [0.1, 0.15) is 5.76 Å². The van der Waals surface area contributed by atoms with Crippen molar-refractivity contribution in [3.8, 4) is 0 Å². The highest BCUT2D eigenvalue weighted by atomic mass is 32.2. The van der Waals surface area contributed by atoms with E-state index in [2.05, 4.69) is 10.5 Å². The normalized spacial score (nSPS) is 14.7. The van der Waals surface area contributed by atoms with Crippen molar-refractivity contribution in [1.82, 2.24) is 10.1 Å². The highest BCUT2D eigenvalue weighted by molar-refractivity contribution is 8.00. The van der Waals surface area contributed by atoms with E-state index in [1.165, 1.54) is 0 Å². The summed E-state index contributed by atoms with van der Waals surface area (Å²) in [4.78, 5) is 37.1. The van der Waals surface area contributed by atoms with Gasteiger partial charge in [-0.3, -0.25) is 14.4 Å². The van der Waals surface area contributed by atoms with Gasteiger partial charge >= 0.3 is 5.97 Å². The van der Waals surface area contributed by atoms with Gasteiger partial charge in [-0.25, -0.2) is 0 Å². The third kappa shape index (κ3) is 7.16. The van der Waals surface area contributed by atoms with Gasteiger partial charge in [0.05, 0.1) is 11.5 Å². The van der Waals surface area contributed by atoms with Gasteiger partial charge in [0.2, 0.25) is 5.91 Å². The highest BCUT2D eigenvalue weighted by Crippen LogP contribution is 2.10. The van der Waals surface area contributed by atoms with Crippen molar-refractivity contribution in [2.75, 3.05) is 36.5 Å². The lowest BCUT2D eigenvalue weighted by Gasteiger charge is -2.19. The van der Waals surface area contributed by atoms with Gasteiger partial charge in [-0.15, -0.1) is 11.8 Å². The number of thioether (sulfide) groups is 1. The van der Waals surface area contributed by atoms with E-state index in [1.54, 1.807) is 17.9 Å². The summed E-state index contributed by atoms with van der Waals surface area (Å²) in [5, 5.41) is 6.21. The van der Waals surface area contributed by atoms with Crippen molar-refractivity contribution >= 4 is 35.4 Å². The minimum Gasteiger partial charge on any atom is -0.455 e. The van der Waals surface area contributed by atoms with E-state index in [1.807, 2.05) is 0 Å². The zero-order valence-electron chi connectivity index (χ0n) is 14.3. The maximum Gasteiger partial charge on any atom is 0.316 e. The van der Waals surface area contributed by atoms with Gasteiger partial charge in [0, 0.05) is 19.2 Å². The van der Waals surface area contributed by atoms with Crippen molar-refractivity contribution in [3.05, 3.63) is 11.8 Å². The summed E-state index contributed by atoms with van der Waals surface area (Å²) in [5.41, 5.74) is 0. The Morgan fingerprint density at radius 3 is 2.60 bits per heavy atom. The number of nitrogens with zero attached hydrogens (tertiary/aromatic N) is 2. The number of aryl methyl sites for hydroxylation is 1. The summed E-state index contributed by atoms with van der Waals surface area (Å²) in [7, 11) is 0. The van der Waals surface area contributed by atoms with Crippen LogP contribution in [0.2, 0.25) is 0 Å². The Morgan fingerprint density at radius 2 is 1.96 bits per heavy atom. The molecule has 2 rings (SSSR count). The van der Waals surface area contributed by atoms with E-state index < -0.39 is 5.97 Å². The van der Waals surface area contributed by atoms with Gasteiger partial charge in [0.15, 0.2) is 12.4 Å². The predicted molar refractivity (Wildman–Crippen MR) is 93.2 cm³/mol. The fourth-order valence-electron chi connectivity index (χ4n) is 2.43. The van der Waals surface area contributed by atoms with Crippen LogP contribution in [0.15, 0.2) is 10.6 Å². The Kier molecular flexibility index (Phi) is 7.77. The van der Waals surface area contributed by atoms with Crippen molar-refractivity contribution in [2.45, 2.75) is 32.6 Å². The fourth-order valence-corrected chi connectivity index (χ4v) is 3.04. The Labute approximate surface area is 150 Å². The number of likely N-dealkylation sites (tertiary alicyclic amines) is 1. The summed E-state index contributed by atoms with van der Waals surface area (Å²) in [6, 6.07) is 1.60. The molecule has 0 saturated carbocycles. The van der Waals surface area contributed by atoms with Crippen molar-refractivity contribution in [2.24, 2.45) is 0 Å². The third-order valence-corrected chi connectivity index (χ3v) is 4.57. The van der Waals surface area contributed by atoms with E-state index in [-0.39, 0.29) is 29.9 Å². The number of rotatable bonds is 7. The van der Waals surface area contributed by atoms with Crippen LogP contribution < -0.4 is 5.32 Å². The number of aromatic nitrogens is 1. The minimum atomic E-state index is -0.502. The molecule has 0 radical (unpaired) electrons. The van der Waals surface area contributed by atoms with Crippen molar-refractivity contribution in [3.63, 3.8) is 0 Å². The summed E-state index contributed by atoms with van der Waals surface area (Å²) in [6.45, 7) is 2.95. The summed E-state index contributed by atoms with van der Waals surface area (Å²) in [5.74, 6) is 0.0957. The molecule has 138 valence electrons. The zero-order valence-corrected chi connectivity index (χ0v) is 15.1. The molecule has 0 unspecified atom stereocenters. The van der Waals surface area contributed by atoms with Crippen LogP contribution in [-0.2, 0) is 19.1 Å². The van der Waals surface area contributed by atoms with Crippen LogP contribution in [0, 0.1) is 6.92 Å². The average molecular weight is 369 g/mol. The maximum absolute atomic E-state index is 12.0. The SMILES string of the molecule is Cc1cc(NC(=O)CSCC(=O)OCC(=O)N2CCCCCC2)no1. The first-order chi connectivity index (χ1) is 12.0. The number of hydrogen-bond donors (Lipinski definition) is 1. The number of carbonyl (C=O) groups excluding carboxylic acids is 3. The van der Waals surface area contributed by atoms with Crippen LogP contribution >= 0.6 is 11.8 Å². The number of esters is 1. The second-order valence-electron chi connectivity index (χ2n) is 5.82. The van der Waals surface area contributed by atoms with Crippen LogP contribution in [0.25, 0.3) is 0 Å². The molecule has 1 aromatic rings. The Hall–Kier alpha value is -2.03. The number of anilines is 1. The second kappa shape index (κ2) is 10.1. The molecule has 0 aromatic carbocycles. The third-order valence-electron chi connectivity index (χ3n) is 3.66. The summed E-state index contributed by atoms with van der Waals surface area (Å²) >= 11 is 1.12. The molecular weight excluding hydrogens is 346 g/mol. The summed E-state index contributed by atoms with van der Waals surface area (Å²) in [6.07, 6.45) is 4.26. The van der Waals surface area contributed by atoms with Gasteiger partial charge in [0.25, 0.3) is 5.91 Å².